The van der Waals surface area contributed by atoms with Gasteiger partial charge in [-0.1, -0.05) is 17.7 Å². The Bertz CT molecular complexity index is 1050. The maximum Gasteiger partial charge on any atom is 0.420 e. The van der Waals surface area contributed by atoms with Crippen LogP contribution in [0, 0.1) is 10.1 Å². The second-order valence-corrected chi connectivity index (χ2v) is 7.43. The molecule has 0 spiro atoms. The van der Waals surface area contributed by atoms with Crippen LogP contribution in [0.5, 0.6) is 0 Å². The molecular formula is C20H13ClN2O4S. The number of anilines is 1. The topological polar surface area (TPSA) is 72.7 Å². The summed E-state index contributed by atoms with van der Waals surface area (Å²) >= 11 is 7.50. The quantitative estimate of drug-likeness (QED) is 0.386. The van der Waals surface area contributed by atoms with Gasteiger partial charge in [-0.2, -0.15) is 0 Å². The van der Waals surface area contributed by atoms with Gasteiger partial charge in [0.25, 0.3) is 5.69 Å². The number of thiophene rings is 1. The van der Waals surface area contributed by atoms with Crippen molar-refractivity contribution in [1.82, 2.24) is 0 Å². The number of benzene rings is 2. The second kappa shape index (κ2) is 7.46. The number of ether oxygens (including phenoxy) is 1. The van der Waals surface area contributed by atoms with Crippen molar-refractivity contribution in [3.8, 4) is 0 Å². The van der Waals surface area contributed by atoms with E-state index in [9.17, 15) is 14.9 Å². The predicted molar refractivity (Wildman–Crippen MR) is 109 cm³/mol. The molecule has 6 nitrogen and oxygen atoms in total. The molecule has 28 heavy (non-hydrogen) atoms. The predicted octanol–water partition coefficient (Wildman–Crippen LogP) is 6.05. The maximum absolute atomic E-state index is 12.9. The van der Waals surface area contributed by atoms with Crippen LogP contribution in [0.1, 0.15) is 16.5 Å². The number of nitrogens with zero attached hydrogens (tertiary/aromatic N) is 2. The highest BCUT2D eigenvalue weighted by Gasteiger charge is 2.33. The van der Waals surface area contributed by atoms with E-state index in [1.165, 1.54) is 23.5 Å². The Kier molecular flexibility index (Phi) is 4.85. The zero-order valence-electron chi connectivity index (χ0n) is 14.3. The van der Waals surface area contributed by atoms with Crippen molar-refractivity contribution in [3.63, 3.8) is 0 Å². The van der Waals surface area contributed by atoms with Crippen LogP contribution in [-0.4, -0.2) is 11.0 Å². The number of nitro groups is 1. The lowest BCUT2D eigenvalue weighted by molar-refractivity contribution is -0.384. The van der Waals surface area contributed by atoms with E-state index in [1.54, 1.807) is 41.3 Å². The van der Waals surface area contributed by atoms with Crippen LogP contribution in [-0.2, 0) is 4.74 Å². The number of cyclic esters (lactones) is 1. The number of nitro benzene ring substituents is 1. The molecule has 1 unspecified atom stereocenters. The molecule has 140 valence electrons. The van der Waals surface area contributed by atoms with Gasteiger partial charge in [0.2, 0.25) is 0 Å². The summed E-state index contributed by atoms with van der Waals surface area (Å²) in [5.41, 5.74) is 1.23. The smallest absolute Gasteiger partial charge is 0.410 e. The van der Waals surface area contributed by atoms with Gasteiger partial charge in [0, 0.05) is 33.3 Å². The standard InChI is InChI=1S/C20H13ClN2O4S/c21-14-5-9-15(10-6-14)22-17(19-2-1-11-28-19)12-18(27-20(22)24)13-3-7-16(8-4-13)23(25)26/h1-12,17H. The third kappa shape index (κ3) is 3.49. The Hall–Kier alpha value is -3.16. The molecule has 2 heterocycles. The highest BCUT2D eigenvalue weighted by molar-refractivity contribution is 7.10. The molecule has 3 aromatic rings. The molecule has 0 radical (unpaired) electrons. The van der Waals surface area contributed by atoms with Gasteiger partial charge < -0.3 is 4.74 Å². The summed E-state index contributed by atoms with van der Waals surface area (Å²) in [6.45, 7) is 0. The van der Waals surface area contributed by atoms with E-state index in [1.807, 2.05) is 23.6 Å². The minimum Gasteiger partial charge on any atom is -0.410 e. The highest BCUT2D eigenvalue weighted by atomic mass is 35.5. The van der Waals surface area contributed by atoms with Crippen LogP contribution in [0.3, 0.4) is 0 Å². The summed E-state index contributed by atoms with van der Waals surface area (Å²) in [5, 5.41) is 13.4. The normalized spacial score (nSPS) is 16.5. The first-order valence-corrected chi connectivity index (χ1v) is 9.55. The summed E-state index contributed by atoms with van der Waals surface area (Å²) in [6.07, 6.45) is 1.31. The molecule has 0 saturated carbocycles. The summed E-state index contributed by atoms with van der Waals surface area (Å²) in [5.74, 6) is 0.364. The average Bonchev–Trinajstić information content (AvgIpc) is 3.23. The summed E-state index contributed by atoms with van der Waals surface area (Å²) in [7, 11) is 0. The van der Waals surface area contributed by atoms with Crippen molar-refractivity contribution in [1.29, 1.82) is 0 Å². The third-order valence-electron chi connectivity index (χ3n) is 4.28. The van der Waals surface area contributed by atoms with E-state index in [4.69, 9.17) is 16.3 Å². The SMILES string of the molecule is O=C1OC(c2ccc([N+](=O)[O-])cc2)=CC(c2cccs2)N1c1ccc(Cl)cc1. The fourth-order valence-electron chi connectivity index (χ4n) is 2.95. The van der Waals surface area contributed by atoms with Crippen LogP contribution >= 0.6 is 22.9 Å². The summed E-state index contributed by atoms with van der Waals surface area (Å²) in [6, 6.07) is 16.3. The zero-order valence-corrected chi connectivity index (χ0v) is 15.9. The Morgan fingerprint density at radius 3 is 2.39 bits per heavy atom. The van der Waals surface area contributed by atoms with Crippen LogP contribution < -0.4 is 4.90 Å². The largest absolute Gasteiger partial charge is 0.420 e. The number of carbonyl (C=O) groups is 1. The first-order chi connectivity index (χ1) is 13.5. The molecule has 1 aromatic heterocycles. The molecule has 1 aliphatic rings. The van der Waals surface area contributed by atoms with Crippen molar-refractivity contribution in [2.24, 2.45) is 0 Å². The Labute approximate surface area is 169 Å². The second-order valence-electron chi connectivity index (χ2n) is 6.01. The molecule has 0 N–H and O–H groups in total. The van der Waals surface area contributed by atoms with Crippen LogP contribution in [0.25, 0.3) is 5.76 Å². The van der Waals surface area contributed by atoms with Crippen molar-refractivity contribution < 1.29 is 14.5 Å². The summed E-state index contributed by atoms with van der Waals surface area (Å²) < 4.78 is 5.55. The number of amides is 1. The van der Waals surface area contributed by atoms with E-state index in [0.29, 0.717) is 22.0 Å². The molecule has 8 heteroatoms. The van der Waals surface area contributed by atoms with Gasteiger partial charge in [-0.25, -0.2) is 4.79 Å². The van der Waals surface area contributed by atoms with Crippen molar-refractivity contribution >= 4 is 46.2 Å². The molecule has 0 fully saturated rings. The van der Waals surface area contributed by atoms with Gasteiger partial charge in [-0.05, 0) is 53.9 Å². The molecule has 2 aromatic carbocycles. The van der Waals surface area contributed by atoms with E-state index in [2.05, 4.69) is 0 Å². The third-order valence-corrected chi connectivity index (χ3v) is 5.48. The van der Waals surface area contributed by atoms with E-state index in [-0.39, 0.29) is 11.7 Å². The first kappa shape index (κ1) is 18.2. The number of rotatable bonds is 4. The molecule has 0 aliphatic carbocycles. The molecular weight excluding hydrogens is 400 g/mol. The van der Waals surface area contributed by atoms with E-state index in [0.717, 1.165) is 4.88 Å². The molecule has 1 amide bonds. The zero-order chi connectivity index (χ0) is 19.7. The number of halogens is 1. The molecule has 1 atom stereocenters. The maximum atomic E-state index is 12.9. The molecule has 1 aliphatic heterocycles. The van der Waals surface area contributed by atoms with Crippen molar-refractivity contribution in [2.45, 2.75) is 6.04 Å². The van der Waals surface area contributed by atoms with Crippen molar-refractivity contribution in [3.05, 3.63) is 97.7 Å². The first-order valence-electron chi connectivity index (χ1n) is 8.29. The van der Waals surface area contributed by atoms with Crippen molar-refractivity contribution in [2.75, 3.05) is 4.90 Å². The average molecular weight is 413 g/mol. The Balaban J connectivity index is 1.76. The lowest BCUT2D eigenvalue weighted by Crippen LogP contribution is -2.37. The van der Waals surface area contributed by atoms with E-state index >= 15 is 0 Å². The van der Waals surface area contributed by atoms with Gasteiger partial charge in [-0.15, -0.1) is 11.3 Å². The fraction of sp³-hybridized carbons (Fsp3) is 0.0500. The van der Waals surface area contributed by atoms with Crippen LogP contribution in [0.15, 0.2) is 72.1 Å². The lowest BCUT2D eigenvalue weighted by Gasteiger charge is -2.33. The number of carbonyl (C=O) groups excluding carboxylic acids is 1. The highest BCUT2D eigenvalue weighted by Crippen LogP contribution is 2.38. The van der Waals surface area contributed by atoms with Crippen LogP contribution in [0.2, 0.25) is 5.02 Å². The minimum absolute atomic E-state index is 0.0240. The Morgan fingerprint density at radius 2 is 1.79 bits per heavy atom. The molecule has 0 saturated heterocycles. The minimum atomic E-state index is -0.531. The summed E-state index contributed by atoms with van der Waals surface area (Å²) in [4.78, 5) is 25.8. The van der Waals surface area contributed by atoms with Gasteiger partial charge in [0.1, 0.15) is 5.76 Å². The molecule has 4 rings (SSSR count). The number of hydrogen-bond acceptors (Lipinski definition) is 5. The van der Waals surface area contributed by atoms with Gasteiger partial charge in [0.05, 0.1) is 11.0 Å². The Morgan fingerprint density at radius 1 is 1.07 bits per heavy atom. The van der Waals surface area contributed by atoms with Crippen LogP contribution in [0.4, 0.5) is 16.2 Å². The van der Waals surface area contributed by atoms with Gasteiger partial charge in [-0.3, -0.25) is 15.0 Å². The monoisotopic (exact) mass is 412 g/mol. The number of hydrogen-bond donors (Lipinski definition) is 0. The van der Waals surface area contributed by atoms with Gasteiger partial charge in [0.15, 0.2) is 0 Å². The lowest BCUT2D eigenvalue weighted by atomic mass is 10.1. The fourth-order valence-corrected chi connectivity index (χ4v) is 3.86. The molecule has 0 bridgehead atoms. The number of non-ortho nitro benzene ring substituents is 1. The van der Waals surface area contributed by atoms with E-state index < -0.39 is 11.0 Å². The van der Waals surface area contributed by atoms with Gasteiger partial charge >= 0.3 is 6.09 Å².